The van der Waals surface area contributed by atoms with Gasteiger partial charge in [0, 0.05) is 6.42 Å². The third-order valence-electron chi connectivity index (χ3n) is 2.24. The highest BCUT2D eigenvalue weighted by molar-refractivity contribution is 5.66. The van der Waals surface area contributed by atoms with Crippen LogP contribution in [0, 0.1) is 0 Å². The Morgan fingerprint density at radius 1 is 0.938 bits per heavy atom. The summed E-state index contributed by atoms with van der Waals surface area (Å²) in [7, 11) is 0. The zero-order valence-corrected chi connectivity index (χ0v) is 11.2. The van der Waals surface area contributed by atoms with E-state index in [1.54, 1.807) is 0 Å². The fraction of sp³-hybridized carbons (Fsp3) is 0.923. The minimum atomic E-state index is -0.666. The van der Waals surface area contributed by atoms with E-state index in [9.17, 15) is 4.79 Å². The minimum Gasteiger partial charge on any atom is -0.481 e. The van der Waals surface area contributed by atoms with Gasteiger partial charge in [0.15, 0.2) is 0 Å². The molecule has 0 radical (unpaired) electrons. The van der Waals surface area contributed by atoms with Crippen molar-refractivity contribution in [2.24, 2.45) is 0 Å². The molecule has 0 saturated heterocycles. The van der Waals surface area contributed by atoms with Gasteiger partial charge in [-0.1, -0.05) is 52.9 Å². The summed E-state index contributed by atoms with van der Waals surface area (Å²) in [4.78, 5) is 10.1. The second-order valence-corrected chi connectivity index (χ2v) is 3.87. The molecule has 98 valence electrons. The number of nitrogens with one attached hydrogen (secondary N) is 1. The van der Waals surface area contributed by atoms with Crippen LogP contribution in [0.1, 0.15) is 65.7 Å². The van der Waals surface area contributed by atoms with Crippen molar-refractivity contribution in [1.82, 2.24) is 5.32 Å². The average Bonchev–Trinajstić information content (AvgIpc) is 2.25. The smallest absolute Gasteiger partial charge is 0.303 e. The number of aliphatic carboxylic acids is 1. The molecule has 0 spiro atoms. The van der Waals surface area contributed by atoms with E-state index in [2.05, 4.69) is 26.1 Å². The van der Waals surface area contributed by atoms with E-state index in [0.29, 0.717) is 6.42 Å². The molecule has 0 aliphatic carbocycles. The number of hydrogen-bond donors (Lipinski definition) is 2. The SMILES string of the molecule is CCCCCCCCC(=O)O.CCNCC. The second kappa shape index (κ2) is 16.8. The van der Waals surface area contributed by atoms with Gasteiger partial charge in [-0.3, -0.25) is 4.79 Å². The van der Waals surface area contributed by atoms with Crippen LogP contribution in [0.15, 0.2) is 0 Å². The van der Waals surface area contributed by atoms with Crippen molar-refractivity contribution >= 4 is 5.97 Å². The van der Waals surface area contributed by atoms with Crippen LogP contribution in [0.5, 0.6) is 0 Å². The van der Waals surface area contributed by atoms with Crippen LogP contribution in [0.3, 0.4) is 0 Å². The number of rotatable bonds is 9. The first-order chi connectivity index (χ1) is 7.68. The Kier molecular flexibility index (Phi) is 18.8. The molecule has 0 atom stereocenters. The third kappa shape index (κ3) is 23.3. The molecule has 0 bridgehead atoms. The molecule has 2 N–H and O–H groups in total. The van der Waals surface area contributed by atoms with Crippen LogP contribution in [-0.2, 0) is 4.79 Å². The zero-order valence-electron chi connectivity index (χ0n) is 11.2. The number of carboxylic acid groups (broad SMARTS) is 1. The summed E-state index contributed by atoms with van der Waals surface area (Å²) in [5, 5.41) is 11.4. The van der Waals surface area contributed by atoms with Crippen molar-refractivity contribution in [3.05, 3.63) is 0 Å². The van der Waals surface area contributed by atoms with Gasteiger partial charge < -0.3 is 10.4 Å². The maximum absolute atomic E-state index is 10.1. The van der Waals surface area contributed by atoms with Crippen molar-refractivity contribution in [2.75, 3.05) is 13.1 Å². The number of hydrogen-bond acceptors (Lipinski definition) is 2. The van der Waals surface area contributed by atoms with E-state index in [1.165, 1.54) is 25.7 Å². The first-order valence-electron chi connectivity index (χ1n) is 6.61. The maximum Gasteiger partial charge on any atom is 0.303 e. The molecule has 0 amide bonds. The lowest BCUT2D eigenvalue weighted by Gasteiger charge is -1.97. The average molecular weight is 231 g/mol. The summed E-state index contributed by atoms with van der Waals surface area (Å²) in [6.45, 7) is 8.57. The van der Waals surface area contributed by atoms with Crippen LogP contribution >= 0.6 is 0 Å². The van der Waals surface area contributed by atoms with E-state index in [1.807, 2.05) is 0 Å². The molecule has 0 unspecified atom stereocenters. The largest absolute Gasteiger partial charge is 0.481 e. The van der Waals surface area contributed by atoms with Crippen LogP contribution in [0.2, 0.25) is 0 Å². The van der Waals surface area contributed by atoms with Gasteiger partial charge in [0.05, 0.1) is 0 Å². The Bertz CT molecular complexity index is 136. The molecule has 0 aromatic carbocycles. The Labute approximate surface area is 101 Å². The molecule has 0 aliphatic heterocycles. The predicted octanol–water partition coefficient (Wildman–Crippen LogP) is 3.44. The molecule has 0 fully saturated rings. The summed E-state index contributed by atoms with van der Waals surface area (Å²) < 4.78 is 0. The molecular weight excluding hydrogens is 202 g/mol. The molecule has 16 heavy (non-hydrogen) atoms. The van der Waals surface area contributed by atoms with Crippen LogP contribution in [0.4, 0.5) is 0 Å². The van der Waals surface area contributed by atoms with E-state index in [0.717, 1.165) is 25.9 Å². The molecule has 0 rings (SSSR count). The highest BCUT2D eigenvalue weighted by atomic mass is 16.4. The van der Waals surface area contributed by atoms with E-state index < -0.39 is 5.97 Å². The molecule has 0 heterocycles. The highest BCUT2D eigenvalue weighted by Gasteiger charge is 1.95. The lowest BCUT2D eigenvalue weighted by atomic mass is 10.1. The third-order valence-corrected chi connectivity index (χ3v) is 2.24. The Hall–Kier alpha value is -0.570. The molecule has 0 aliphatic rings. The summed E-state index contributed by atoms with van der Waals surface area (Å²) in [6, 6.07) is 0. The van der Waals surface area contributed by atoms with Crippen LogP contribution < -0.4 is 5.32 Å². The highest BCUT2D eigenvalue weighted by Crippen LogP contribution is 2.06. The van der Waals surface area contributed by atoms with Gasteiger partial charge in [0.2, 0.25) is 0 Å². The topological polar surface area (TPSA) is 49.3 Å². The fourth-order valence-corrected chi connectivity index (χ4v) is 1.31. The second-order valence-electron chi connectivity index (χ2n) is 3.87. The Morgan fingerprint density at radius 2 is 1.44 bits per heavy atom. The molecule has 0 aromatic rings. The number of carbonyl (C=O) groups is 1. The summed E-state index contributed by atoms with van der Waals surface area (Å²) in [6.07, 6.45) is 7.25. The van der Waals surface area contributed by atoms with Gasteiger partial charge in [0.25, 0.3) is 0 Å². The van der Waals surface area contributed by atoms with Crippen LogP contribution in [-0.4, -0.2) is 24.2 Å². The summed E-state index contributed by atoms with van der Waals surface area (Å²) in [5.41, 5.74) is 0. The monoisotopic (exact) mass is 231 g/mol. The van der Waals surface area contributed by atoms with Crippen molar-refractivity contribution in [3.63, 3.8) is 0 Å². The van der Waals surface area contributed by atoms with E-state index in [-0.39, 0.29) is 0 Å². The zero-order chi connectivity index (χ0) is 12.6. The van der Waals surface area contributed by atoms with Crippen molar-refractivity contribution in [2.45, 2.75) is 65.7 Å². The van der Waals surface area contributed by atoms with Crippen molar-refractivity contribution in [1.29, 1.82) is 0 Å². The lowest BCUT2D eigenvalue weighted by Crippen LogP contribution is -2.09. The molecular formula is C13H29NO2. The summed E-state index contributed by atoms with van der Waals surface area (Å²) in [5.74, 6) is -0.666. The van der Waals surface area contributed by atoms with E-state index >= 15 is 0 Å². The normalized spacial score (nSPS) is 9.44. The Balaban J connectivity index is 0. The molecule has 0 saturated carbocycles. The van der Waals surface area contributed by atoms with Gasteiger partial charge in [0.1, 0.15) is 0 Å². The predicted molar refractivity (Wildman–Crippen MR) is 69.8 cm³/mol. The van der Waals surface area contributed by atoms with Crippen molar-refractivity contribution < 1.29 is 9.90 Å². The quantitative estimate of drug-likeness (QED) is 0.598. The number of carboxylic acids is 1. The van der Waals surface area contributed by atoms with Crippen LogP contribution in [0.25, 0.3) is 0 Å². The van der Waals surface area contributed by atoms with Crippen molar-refractivity contribution in [3.8, 4) is 0 Å². The van der Waals surface area contributed by atoms with Gasteiger partial charge >= 0.3 is 5.97 Å². The van der Waals surface area contributed by atoms with E-state index in [4.69, 9.17) is 5.11 Å². The first-order valence-corrected chi connectivity index (χ1v) is 6.61. The molecule has 3 nitrogen and oxygen atoms in total. The maximum atomic E-state index is 10.1. The lowest BCUT2D eigenvalue weighted by molar-refractivity contribution is -0.137. The van der Waals surface area contributed by atoms with Gasteiger partial charge in [-0.15, -0.1) is 0 Å². The number of unbranched alkanes of at least 4 members (excludes halogenated alkanes) is 5. The first kappa shape index (κ1) is 17.8. The standard InChI is InChI=1S/C9H18O2.C4H11N/c1-2-3-4-5-6-7-8-9(10)11;1-3-5-4-2/h2-8H2,1H3,(H,10,11);5H,3-4H2,1-2H3. The fourth-order valence-electron chi connectivity index (χ4n) is 1.31. The minimum absolute atomic E-state index is 0.339. The van der Waals surface area contributed by atoms with Gasteiger partial charge in [-0.2, -0.15) is 0 Å². The van der Waals surface area contributed by atoms with Gasteiger partial charge in [-0.05, 0) is 19.5 Å². The summed E-state index contributed by atoms with van der Waals surface area (Å²) >= 11 is 0. The Morgan fingerprint density at radius 3 is 1.81 bits per heavy atom. The molecule has 0 aromatic heterocycles. The molecule has 3 heteroatoms. The van der Waals surface area contributed by atoms with Gasteiger partial charge in [-0.25, -0.2) is 0 Å².